The first kappa shape index (κ1) is 19.0. The van der Waals surface area contributed by atoms with Gasteiger partial charge in [-0.1, -0.05) is 36.4 Å². The summed E-state index contributed by atoms with van der Waals surface area (Å²) < 4.78 is 25.3. The highest BCUT2D eigenvalue weighted by molar-refractivity contribution is 7.91. The number of nitro benzene ring substituents is 1. The summed E-state index contributed by atoms with van der Waals surface area (Å²) in [5.41, 5.74) is 1.27. The van der Waals surface area contributed by atoms with Gasteiger partial charge in [0.25, 0.3) is 11.6 Å². The highest BCUT2D eigenvalue weighted by Crippen LogP contribution is 2.30. The second-order valence-corrected chi connectivity index (χ2v) is 8.91. The number of carbonyl (C=O) groups excluding carboxylic acids is 1. The van der Waals surface area contributed by atoms with Gasteiger partial charge in [-0.05, 0) is 25.0 Å². The quantitative estimate of drug-likeness (QED) is 0.595. The Morgan fingerprint density at radius 2 is 1.85 bits per heavy atom. The molecule has 0 spiro atoms. The van der Waals surface area contributed by atoms with E-state index in [1.54, 1.807) is 37.3 Å². The van der Waals surface area contributed by atoms with Crippen molar-refractivity contribution in [2.24, 2.45) is 0 Å². The molecule has 1 aliphatic rings. The summed E-state index contributed by atoms with van der Waals surface area (Å²) in [6.07, 6.45) is 0.298. The third kappa shape index (κ3) is 4.00. The molecule has 1 aliphatic heterocycles. The number of carbonyl (C=O) groups is 1. The number of sulfone groups is 1. The fourth-order valence-corrected chi connectivity index (χ4v) is 5.11. The summed E-state index contributed by atoms with van der Waals surface area (Å²) in [5.74, 6) is -0.520. The molecular weight excluding hydrogens is 368 g/mol. The van der Waals surface area contributed by atoms with Crippen molar-refractivity contribution in [3.05, 3.63) is 75.3 Å². The van der Waals surface area contributed by atoms with Gasteiger partial charge < -0.3 is 4.90 Å². The Kier molecular flexibility index (Phi) is 5.27. The van der Waals surface area contributed by atoms with E-state index in [-0.39, 0.29) is 36.0 Å². The standard InChI is InChI=1S/C19H20N2O5S/c1-14-7-8-16(13-17(14)21(23)24)19(22)20-10-9-18(27(25,26)12-11-20)15-5-3-2-4-6-15/h2-8,13,18H,9-12H2,1H3. The van der Waals surface area contributed by atoms with Crippen LogP contribution in [0.3, 0.4) is 0 Å². The van der Waals surface area contributed by atoms with Gasteiger partial charge in [-0.15, -0.1) is 0 Å². The predicted octanol–water partition coefficient (Wildman–Crippen LogP) is 2.91. The molecule has 7 nitrogen and oxygen atoms in total. The van der Waals surface area contributed by atoms with E-state index in [1.807, 2.05) is 6.07 Å². The maximum absolute atomic E-state index is 12.8. The Labute approximate surface area is 157 Å². The summed E-state index contributed by atoms with van der Waals surface area (Å²) in [6, 6.07) is 13.3. The summed E-state index contributed by atoms with van der Waals surface area (Å²) in [5, 5.41) is 10.5. The molecule has 0 saturated carbocycles. The van der Waals surface area contributed by atoms with Crippen molar-refractivity contribution in [2.45, 2.75) is 18.6 Å². The van der Waals surface area contributed by atoms with Crippen LogP contribution in [0.1, 0.15) is 33.2 Å². The van der Waals surface area contributed by atoms with Gasteiger partial charge in [0.05, 0.1) is 15.9 Å². The van der Waals surface area contributed by atoms with E-state index in [4.69, 9.17) is 0 Å². The fourth-order valence-electron chi connectivity index (χ4n) is 3.31. The van der Waals surface area contributed by atoms with Gasteiger partial charge in [-0.3, -0.25) is 14.9 Å². The second kappa shape index (κ2) is 7.48. The topological polar surface area (TPSA) is 97.6 Å². The van der Waals surface area contributed by atoms with E-state index in [9.17, 15) is 23.3 Å². The molecule has 1 heterocycles. The molecule has 1 fully saturated rings. The highest BCUT2D eigenvalue weighted by atomic mass is 32.2. The van der Waals surface area contributed by atoms with Gasteiger partial charge in [0.1, 0.15) is 0 Å². The van der Waals surface area contributed by atoms with E-state index >= 15 is 0 Å². The molecule has 1 atom stereocenters. The summed E-state index contributed by atoms with van der Waals surface area (Å²) in [6.45, 7) is 1.96. The van der Waals surface area contributed by atoms with Crippen LogP contribution in [0.25, 0.3) is 0 Å². The lowest BCUT2D eigenvalue weighted by Gasteiger charge is -2.20. The van der Waals surface area contributed by atoms with Gasteiger partial charge in [-0.2, -0.15) is 0 Å². The lowest BCUT2D eigenvalue weighted by Crippen LogP contribution is -2.33. The zero-order chi connectivity index (χ0) is 19.6. The number of hydrogen-bond acceptors (Lipinski definition) is 5. The molecular formula is C19H20N2O5S. The molecule has 3 rings (SSSR count). The Bertz CT molecular complexity index is 973. The van der Waals surface area contributed by atoms with Gasteiger partial charge in [0, 0.05) is 30.3 Å². The minimum absolute atomic E-state index is 0.0756. The van der Waals surface area contributed by atoms with E-state index in [0.29, 0.717) is 12.0 Å². The molecule has 2 aromatic rings. The summed E-state index contributed by atoms with van der Waals surface area (Å²) >= 11 is 0. The number of rotatable bonds is 3. The van der Waals surface area contributed by atoms with Crippen LogP contribution in [0.4, 0.5) is 5.69 Å². The van der Waals surface area contributed by atoms with E-state index in [0.717, 1.165) is 5.56 Å². The molecule has 0 N–H and O–H groups in total. The van der Waals surface area contributed by atoms with Crippen LogP contribution in [0, 0.1) is 17.0 Å². The lowest BCUT2D eigenvalue weighted by molar-refractivity contribution is -0.385. The average Bonchev–Trinajstić information content (AvgIpc) is 2.80. The average molecular weight is 388 g/mol. The third-order valence-electron chi connectivity index (χ3n) is 4.85. The molecule has 8 heteroatoms. The summed E-state index contributed by atoms with van der Waals surface area (Å²) in [7, 11) is -3.39. The van der Waals surface area contributed by atoms with Crippen molar-refractivity contribution < 1.29 is 18.1 Å². The monoisotopic (exact) mass is 388 g/mol. The van der Waals surface area contributed by atoms with Crippen LogP contribution in [0.2, 0.25) is 0 Å². The predicted molar refractivity (Wildman–Crippen MR) is 101 cm³/mol. The van der Waals surface area contributed by atoms with Crippen LogP contribution < -0.4 is 0 Å². The van der Waals surface area contributed by atoms with Crippen molar-refractivity contribution in [1.29, 1.82) is 0 Å². The molecule has 27 heavy (non-hydrogen) atoms. The van der Waals surface area contributed by atoms with Gasteiger partial charge in [0.2, 0.25) is 0 Å². The number of hydrogen-bond donors (Lipinski definition) is 0. The Balaban J connectivity index is 1.84. The normalized spacial score (nSPS) is 19.3. The second-order valence-electron chi connectivity index (χ2n) is 6.61. The van der Waals surface area contributed by atoms with Crippen molar-refractivity contribution in [3.63, 3.8) is 0 Å². The number of nitrogens with zero attached hydrogens (tertiary/aromatic N) is 2. The first-order valence-electron chi connectivity index (χ1n) is 8.60. The minimum Gasteiger partial charge on any atom is -0.338 e. The fraction of sp³-hybridized carbons (Fsp3) is 0.316. The van der Waals surface area contributed by atoms with Crippen molar-refractivity contribution in [1.82, 2.24) is 4.90 Å². The Hall–Kier alpha value is -2.74. The van der Waals surface area contributed by atoms with Gasteiger partial charge >= 0.3 is 0 Å². The van der Waals surface area contributed by atoms with Gasteiger partial charge in [-0.25, -0.2) is 8.42 Å². The molecule has 142 valence electrons. The SMILES string of the molecule is Cc1ccc(C(=O)N2CCC(c3ccccc3)S(=O)(=O)CC2)cc1[N+](=O)[O-]. The maximum atomic E-state index is 12.8. The smallest absolute Gasteiger partial charge is 0.273 e. The number of nitro groups is 1. The number of benzene rings is 2. The van der Waals surface area contributed by atoms with Crippen LogP contribution in [-0.4, -0.2) is 43.0 Å². The Morgan fingerprint density at radius 1 is 1.15 bits per heavy atom. The van der Waals surface area contributed by atoms with Crippen molar-refractivity contribution in [2.75, 3.05) is 18.8 Å². The van der Waals surface area contributed by atoms with Crippen molar-refractivity contribution in [3.8, 4) is 0 Å². The van der Waals surface area contributed by atoms with Crippen LogP contribution in [-0.2, 0) is 9.84 Å². The maximum Gasteiger partial charge on any atom is 0.273 e. The Morgan fingerprint density at radius 3 is 2.52 bits per heavy atom. The molecule has 0 bridgehead atoms. The van der Waals surface area contributed by atoms with Crippen molar-refractivity contribution >= 4 is 21.4 Å². The molecule has 2 aromatic carbocycles. The van der Waals surface area contributed by atoms with E-state index in [1.165, 1.54) is 17.0 Å². The highest BCUT2D eigenvalue weighted by Gasteiger charge is 2.33. The molecule has 1 amide bonds. The molecule has 0 aromatic heterocycles. The largest absolute Gasteiger partial charge is 0.338 e. The zero-order valence-corrected chi connectivity index (χ0v) is 15.7. The molecule has 0 aliphatic carbocycles. The first-order valence-corrected chi connectivity index (χ1v) is 10.3. The minimum atomic E-state index is -3.39. The molecule has 1 saturated heterocycles. The lowest BCUT2D eigenvalue weighted by atomic mass is 10.1. The zero-order valence-electron chi connectivity index (χ0n) is 14.9. The number of amides is 1. The number of aryl methyl sites for hydroxylation is 1. The molecule has 0 radical (unpaired) electrons. The van der Waals surface area contributed by atoms with Crippen LogP contribution in [0.15, 0.2) is 48.5 Å². The van der Waals surface area contributed by atoms with Gasteiger partial charge in [0.15, 0.2) is 9.84 Å². The first-order chi connectivity index (χ1) is 12.8. The molecule has 1 unspecified atom stereocenters. The van der Waals surface area contributed by atoms with E-state index < -0.39 is 20.0 Å². The summed E-state index contributed by atoms with van der Waals surface area (Å²) in [4.78, 5) is 24.9. The van der Waals surface area contributed by atoms with Crippen LogP contribution >= 0.6 is 0 Å². The van der Waals surface area contributed by atoms with Crippen LogP contribution in [0.5, 0.6) is 0 Å². The van der Waals surface area contributed by atoms with E-state index in [2.05, 4.69) is 0 Å². The third-order valence-corrected chi connectivity index (χ3v) is 6.98.